The molecule has 0 radical (unpaired) electrons. The summed E-state index contributed by atoms with van der Waals surface area (Å²) in [7, 11) is 0. The van der Waals surface area contributed by atoms with Crippen molar-refractivity contribution in [2.45, 2.75) is 65.2 Å². The van der Waals surface area contributed by atoms with E-state index in [1.165, 1.54) is 12.1 Å². The average Bonchev–Trinajstić information content (AvgIpc) is 2.92. The molecule has 0 aromatic heterocycles. The van der Waals surface area contributed by atoms with E-state index in [1.54, 1.807) is 13.0 Å². The summed E-state index contributed by atoms with van der Waals surface area (Å²) < 4.78 is 57.6. The highest BCUT2D eigenvalue weighted by molar-refractivity contribution is 5.77. The molecule has 2 aromatic rings. The Morgan fingerprint density at radius 2 is 1.62 bits per heavy atom. The molecule has 2 atom stereocenters. The second kappa shape index (κ2) is 13.0. The van der Waals surface area contributed by atoms with Gasteiger partial charge in [0.15, 0.2) is 18.2 Å². The molecule has 2 aromatic carbocycles. The molecule has 2 heterocycles. The fourth-order valence-electron chi connectivity index (χ4n) is 6.11. The molecule has 0 bridgehead atoms. The minimum absolute atomic E-state index is 0.0695. The Hall–Kier alpha value is -3.14. The Balaban J connectivity index is 1.54. The fourth-order valence-corrected chi connectivity index (χ4v) is 6.11. The number of piperidine rings is 1. The SMILES string of the molecule is CC(=O)N1CCC(CC(=O)N2CCN(C(c3ccccc3)c3ccc(OCC(F)(F)F)c(F)c3)C[C@@H]2C(C)(C)C)CC1. The fraction of sp³-hybridized carbons (Fsp3) is 0.562. The van der Waals surface area contributed by atoms with Crippen LogP contribution in [-0.4, -0.2) is 78.1 Å². The maximum absolute atomic E-state index is 15.0. The number of amides is 2. The van der Waals surface area contributed by atoms with Crippen molar-refractivity contribution in [3.63, 3.8) is 0 Å². The van der Waals surface area contributed by atoms with Gasteiger partial charge in [0.1, 0.15) is 0 Å². The van der Waals surface area contributed by atoms with Gasteiger partial charge in [0.2, 0.25) is 11.8 Å². The molecule has 2 aliphatic heterocycles. The monoisotopic (exact) mass is 591 g/mol. The van der Waals surface area contributed by atoms with Gasteiger partial charge in [-0.2, -0.15) is 13.2 Å². The molecule has 2 amide bonds. The molecule has 6 nitrogen and oxygen atoms in total. The summed E-state index contributed by atoms with van der Waals surface area (Å²) >= 11 is 0. The van der Waals surface area contributed by atoms with Crippen LogP contribution in [-0.2, 0) is 9.59 Å². The van der Waals surface area contributed by atoms with Crippen molar-refractivity contribution in [1.29, 1.82) is 0 Å². The highest BCUT2D eigenvalue weighted by Gasteiger charge is 2.41. The number of likely N-dealkylation sites (tertiary alicyclic amines) is 1. The molecule has 0 saturated carbocycles. The molecule has 0 N–H and O–H groups in total. The highest BCUT2D eigenvalue weighted by atomic mass is 19.4. The van der Waals surface area contributed by atoms with Gasteiger partial charge in [-0.15, -0.1) is 0 Å². The van der Waals surface area contributed by atoms with E-state index in [-0.39, 0.29) is 35.2 Å². The largest absolute Gasteiger partial charge is 0.481 e. The predicted octanol–water partition coefficient (Wildman–Crippen LogP) is 6.06. The van der Waals surface area contributed by atoms with Crippen LogP contribution in [0.4, 0.5) is 17.6 Å². The number of piperazine rings is 1. The van der Waals surface area contributed by atoms with Crippen LogP contribution in [0.25, 0.3) is 0 Å². The number of nitrogens with zero attached hydrogens (tertiary/aromatic N) is 3. The number of hydrogen-bond donors (Lipinski definition) is 0. The number of ether oxygens (including phenoxy) is 1. The van der Waals surface area contributed by atoms with Crippen LogP contribution in [0.2, 0.25) is 0 Å². The van der Waals surface area contributed by atoms with Crippen molar-refractivity contribution < 1.29 is 31.9 Å². The maximum atomic E-state index is 15.0. The Morgan fingerprint density at radius 1 is 0.952 bits per heavy atom. The minimum Gasteiger partial charge on any atom is -0.481 e. The van der Waals surface area contributed by atoms with Gasteiger partial charge >= 0.3 is 6.18 Å². The smallest absolute Gasteiger partial charge is 0.422 e. The van der Waals surface area contributed by atoms with Gasteiger partial charge in [-0.25, -0.2) is 4.39 Å². The Morgan fingerprint density at radius 3 is 2.19 bits per heavy atom. The normalized spacial score (nSPS) is 20.0. The second-order valence-corrected chi connectivity index (χ2v) is 12.5. The van der Waals surface area contributed by atoms with E-state index in [0.717, 1.165) is 18.4 Å². The first kappa shape index (κ1) is 31.8. The van der Waals surface area contributed by atoms with E-state index in [4.69, 9.17) is 4.74 Å². The standard InChI is InChI=1S/C32H41F4N3O3/c1-22(40)37-14-12-23(13-15-37)18-29(41)39-17-16-38(20-28(39)31(2,3)4)30(24-8-6-5-7-9-24)25-10-11-27(26(33)19-25)42-21-32(34,35)36/h5-11,19,23,28,30H,12-18,20-21H2,1-4H3/t28-,30?/m1/s1. The van der Waals surface area contributed by atoms with E-state index < -0.39 is 24.3 Å². The first-order chi connectivity index (χ1) is 19.7. The third-order valence-corrected chi connectivity index (χ3v) is 8.40. The summed E-state index contributed by atoms with van der Waals surface area (Å²) in [6.07, 6.45) is -2.49. The van der Waals surface area contributed by atoms with E-state index in [9.17, 15) is 22.8 Å². The lowest BCUT2D eigenvalue weighted by molar-refractivity contribution is -0.153. The molecule has 42 heavy (non-hydrogen) atoms. The van der Waals surface area contributed by atoms with E-state index in [2.05, 4.69) is 25.7 Å². The van der Waals surface area contributed by atoms with Gasteiger partial charge in [0.05, 0.1) is 6.04 Å². The first-order valence-corrected chi connectivity index (χ1v) is 14.6. The van der Waals surface area contributed by atoms with Gasteiger partial charge in [-0.3, -0.25) is 14.5 Å². The number of alkyl halides is 3. The van der Waals surface area contributed by atoms with Gasteiger partial charge in [-0.1, -0.05) is 57.2 Å². The molecule has 2 fully saturated rings. The van der Waals surface area contributed by atoms with Crippen LogP contribution in [0.3, 0.4) is 0 Å². The van der Waals surface area contributed by atoms with Crippen LogP contribution >= 0.6 is 0 Å². The zero-order valence-electron chi connectivity index (χ0n) is 24.8. The lowest BCUT2D eigenvalue weighted by atomic mass is 9.82. The van der Waals surface area contributed by atoms with Gasteiger partial charge < -0.3 is 14.5 Å². The Labute approximate surface area is 245 Å². The topological polar surface area (TPSA) is 53.1 Å². The van der Waals surface area contributed by atoms with Crippen molar-refractivity contribution in [2.75, 3.05) is 39.3 Å². The van der Waals surface area contributed by atoms with Crippen molar-refractivity contribution >= 4 is 11.8 Å². The molecular weight excluding hydrogens is 550 g/mol. The number of hydrogen-bond acceptors (Lipinski definition) is 4. The molecule has 1 unspecified atom stereocenters. The number of halogens is 4. The third kappa shape index (κ3) is 8.02. The third-order valence-electron chi connectivity index (χ3n) is 8.40. The summed E-state index contributed by atoms with van der Waals surface area (Å²) in [6, 6.07) is 13.2. The Kier molecular flexibility index (Phi) is 9.85. The van der Waals surface area contributed by atoms with Crippen LogP contribution in [0.15, 0.2) is 48.5 Å². The van der Waals surface area contributed by atoms with Crippen molar-refractivity contribution in [1.82, 2.24) is 14.7 Å². The summed E-state index contributed by atoms with van der Waals surface area (Å²) in [6.45, 7) is 9.30. The van der Waals surface area contributed by atoms with E-state index in [0.29, 0.717) is 44.7 Å². The maximum Gasteiger partial charge on any atom is 0.422 e. The first-order valence-electron chi connectivity index (χ1n) is 14.6. The molecular formula is C32H41F4N3O3. The summed E-state index contributed by atoms with van der Waals surface area (Å²) in [4.78, 5) is 31.4. The highest BCUT2D eigenvalue weighted by Crippen LogP contribution is 2.37. The summed E-state index contributed by atoms with van der Waals surface area (Å²) in [5.41, 5.74) is 1.28. The Bertz CT molecular complexity index is 1220. The molecule has 4 rings (SSSR count). The van der Waals surface area contributed by atoms with E-state index >= 15 is 4.39 Å². The second-order valence-electron chi connectivity index (χ2n) is 12.5. The van der Waals surface area contributed by atoms with Crippen LogP contribution in [0.1, 0.15) is 64.1 Å². The van der Waals surface area contributed by atoms with Crippen molar-refractivity contribution in [3.8, 4) is 5.75 Å². The number of carbonyl (C=O) groups is 2. The van der Waals surface area contributed by atoms with Gasteiger partial charge in [-0.05, 0) is 47.4 Å². The van der Waals surface area contributed by atoms with Gasteiger partial charge in [0.25, 0.3) is 0 Å². The average molecular weight is 592 g/mol. The minimum atomic E-state index is -4.57. The number of benzene rings is 2. The molecule has 230 valence electrons. The summed E-state index contributed by atoms with van der Waals surface area (Å²) in [5, 5.41) is 0. The van der Waals surface area contributed by atoms with Crippen molar-refractivity contribution in [2.24, 2.45) is 11.3 Å². The quantitative estimate of drug-likeness (QED) is 0.367. The zero-order valence-corrected chi connectivity index (χ0v) is 24.8. The molecule has 10 heteroatoms. The lowest BCUT2D eigenvalue weighted by Gasteiger charge is -2.50. The van der Waals surface area contributed by atoms with Crippen LogP contribution < -0.4 is 4.74 Å². The van der Waals surface area contributed by atoms with Crippen molar-refractivity contribution in [3.05, 3.63) is 65.5 Å². The number of carbonyl (C=O) groups excluding carboxylic acids is 2. The number of rotatable bonds is 7. The van der Waals surface area contributed by atoms with Crippen LogP contribution in [0.5, 0.6) is 5.75 Å². The molecule has 2 aliphatic rings. The predicted molar refractivity (Wildman–Crippen MR) is 152 cm³/mol. The van der Waals surface area contributed by atoms with Crippen LogP contribution in [0, 0.1) is 17.2 Å². The van der Waals surface area contributed by atoms with E-state index in [1.807, 2.05) is 40.1 Å². The molecule has 0 aliphatic carbocycles. The summed E-state index contributed by atoms with van der Waals surface area (Å²) in [5.74, 6) is -0.871. The molecule has 0 spiro atoms. The zero-order chi connectivity index (χ0) is 30.7. The van der Waals surface area contributed by atoms with Gasteiger partial charge in [0, 0.05) is 52.1 Å². The molecule has 2 saturated heterocycles. The lowest BCUT2D eigenvalue weighted by Crippen LogP contribution is -2.60.